The molecule has 0 radical (unpaired) electrons. The first-order chi connectivity index (χ1) is 20.8. The van der Waals surface area contributed by atoms with Crippen molar-refractivity contribution in [1.29, 1.82) is 0 Å². The minimum atomic E-state index is -1.24. The van der Waals surface area contributed by atoms with Crippen LogP contribution in [0.5, 0.6) is 0 Å². The number of pyridine rings is 1. The highest BCUT2D eigenvalue weighted by Crippen LogP contribution is 2.37. The Balaban J connectivity index is 1.84. The molecular weight excluding hydrogens is 601 g/mol. The molecule has 1 aliphatic rings. The zero-order chi connectivity index (χ0) is 32.0. The second-order valence-electron chi connectivity index (χ2n) is 11.6. The van der Waals surface area contributed by atoms with Gasteiger partial charge >= 0.3 is 5.69 Å². The second-order valence-corrected chi connectivity index (χ2v) is 13.3. The van der Waals surface area contributed by atoms with Gasteiger partial charge in [-0.2, -0.15) is 4.98 Å². The van der Waals surface area contributed by atoms with Crippen molar-refractivity contribution >= 4 is 45.5 Å². The first-order valence-electron chi connectivity index (χ1n) is 14.4. The van der Waals surface area contributed by atoms with E-state index in [9.17, 15) is 14.1 Å². The molecule has 2 aromatic heterocycles. The summed E-state index contributed by atoms with van der Waals surface area (Å²) in [6, 6.07) is 11.2. The largest absolute Gasteiger partial charge is 0.612 e. The zero-order valence-electron chi connectivity index (χ0n) is 25.6. The van der Waals surface area contributed by atoms with Gasteiger partial charge in [-0.1, -0.05) is 44.2 Å². The molecule has 0 bridgehead atoms. The van der Waals surface area contributed by atoms with E-state index in [0.717, 1.165) is 11.1 Å². The molecule has 1 amide bonds. The van der Waals surface area contributed by atoms with E-state index in [-0.39, 0.29) is 45.8 Å². The van der Waals surface area contributed by atoms with Crippen LogP contribution in [-0.4, -0.2) is 61.3 Å². The molecule has 0 spiro atoms. The summed E-state index contributed by atoms with van der Waals surface area (Å²) in [4.78, 5) is 40.6. The Morgan fingerprint density at radius 2 is 1.86 bits per heavy atom. The number of aryl methyl sites for hydroxylation is 1. The molecule has 44 heavy (non-hydrogen) atoms. The van der Waals surface area contributed by atoms with Crippen LogP contribution in [0.4, 0.5) is 10.2 Å². The van der Waals surface area contributed by atoms with E-state index in [0.29, 0.717) is 34.9 Å². The Hall–Kier alpha value is -3.73. The Labute approximate surface area is 264 Å². The molecule has 1 fully saturated rings. The van der Waals surface area contributed by atoms with E-state index in [2.05, 4.69) is 11.6 Å². The Morgan fingerprint density at radius 1 is 1.16 bits per heavy atom. The van der Waals surface area contributed by atoms with E-state index < -0.39 is 22.7 Å². The van der Waals surface area contributed by atoms with Gasteiger partial charge in [0.25, 0.3) is 0 Å². The molecule has 11 heteroatoms. The third kappa shape index (κ3) is 5.62. The number of halogens is 2. The van der Waals surface area contributed by atoms with Crippen LogP contribution >= 0.6 is 11.6 Å². The lowest BCUT2D eigenvalue weighted by Crippen LogP contribution is -2.58. The molecule has 0 aliphatic carbocycles. The topological polar surface area (TPSA) is 94.4 Å². The van der Waals surface area contributed by atoms with E-state index in [1.165, 1.54) is 16.7 Å². The number of hydrogen-bond donors (Lipinski definition) is 0. The molecule has 2 aromatic carbocycles. The standard InChI is InChI=1S/C33H35ClFN5O3S/c1-8-28(41)38-16-21(6)39(17-20(38)5)31-25-15-26(34)29(23-11-9-10-12-27(23)35)36-32(25)40(33(42)37-31)30-19(4)13-22(44(7)43)14-24(30)18(2)3/h8-15,18,20-21H,1,16-17H2,2-7H3/t20-,21+,44?/m1/s1. The van der Waals surface area contributed by atoms with Crippen molar-refractivity contribution in [1.82, 2.24) is 19.4 Å². The van der Waals surface area contributed by atoms with Crippen molar-refractivity contribution in [3.63, 3.8) is 0 Å². The Bertz CT molecular complexity index is 1840. The van der Waals surface area contributed by atoms with Crippen molar-refractivity contribution < 1.29 is 13.7 Å². The van der Waals surface area contributed by atoms with Crippen molar-refractivity contribution in [2.24, 2.45) is 0 Å². The lowest BCUT2D eigenvalue weighted by molar-refractivity contribution is -0.128. The predicted molar refractivity (Wildman–Crippen MR) is 175 cm³/mol. The monoisotopic (exact) mass is 635 g/mol. The lowest BCUT2D eigenvalue weighted by atomic mass is 9.97. The van der Waals surface area contributed by atoms with E-state index in [4.69, 9.17) is 16.6 Å². The summed E-state index contributed by atoms with van der Waals surface area (Å²) in [7, 11) is 0. The highest BCUT2D eigenvalue weighted by molar-refractivity contribution is 7.90. The van der Waals surface area contributed by atoms with Crippen LogP contribution in [0.15, 0.2) is 64.8 Å². The normalized spacial score (nSPS) is 17.8. The number of piperazine rings is 1. The van der Waals surface area contributed by atoms with Gasteiger partial charge in [-0.15, -0.1) is 0 Å². The number of hydrogen-bond acceptors (Lipinski definition) is 6. The van der Waals surface area contributed by atoms with Gasteiger partial charge in [-0.3, -0.25) is 4.79 Å². The molecule has 1 saturated heterocycles. The first-order valence-corrected chi connectivity index (χ1v) is 16.3. The molecule has 1 aliphatic heterocycles. The molecule has 3 heterocycles. The molecular formula is C33H35ClFN5O3S. The van der Waals surface area contributed by atoms with Gasteiger partial charge < -0.3 is 14.4 Å². The summed E-state index contributed by atoms with van der Waals surface area (Å²) in [5.74, 6) is -0.312. The average Bonchev–Trinajstić information content (AvgIpc) is 2.97. The number of benzene rings is 2. The number of aromatic nitrogens is 3. The SMILES string of the molecule is C=CC(=O)N1C[C@H](C)N(c2nc(=O)n(-c3c(C)cc([S+](C)[O-])cc3C(C)C)c3nc(-c4ccccc4F)c(Cl)cc23)C[C@H]1C. The summed E-state index contributed by atoms with van der Waals surface area (Å²) < 4.78 is 29.0. The fourth-order valence-corrected chi connectivity index (χ4v) is 6.79. The van der Waals surface area contributed by atoms with Crippen LogP contribution in [0.3, 0.4) is 0 Å². The number of carbonyl (C=O) groups is 1. The van der Waals surface area contributed by atoms with Crippen molar-refractivity contribution in [2.75, 3.05) is 24.2 Å². The van der Waals surface area contributed by atoms with E-state index in [1.54, 1.807) is 41.5 Å². The number of fused-ring (bicyclic) bond motifs is 1. The zero-order valence-corrected chi connectivity index (χ0v) is 27.2. The fraction of sp³-hybridized carbons (Fsp3) is 0.333. The molecule has 5 rings (SSSR count). The quantitative estimate of drug-likeness (QED) is 0.190. The van der Waals surface area contributed by atoms with Gasteiger partial charge in [-0.25, -0.2) is 18.7 Å². The van der Waals surface area contributed by atoms with Crippen molar-refractivity contribution in [3.05, 3.63) is 87.6 Å². The van der Waals surface area contributed by atoms with Gasteiger partial charge in [0.05, 0.1) is 21.8 Å². The molecule has 4 aromatic rings. The number of rotatable bonds is 6. The van der Waals surface area contributed by atoms with Crippen molar-refractivity contribution in [2.45, 2.75) is 57.5 Å². The summed E-state index contributed by atoms with van der Waals surface area (Å²) in [6.45, 7) is 14.2. The van der Waals surface area contributed by atoms with Gasteiger partial charge in [0, 0.05) is 30.7 Å². The van der Waals surface area contributed by atoms with Crippen LogP contribution < -0.4 is 10.6 Å². The fourth-order valence-electron chi connectivity index (χ4n) is 5.90. The maximum absolute atomic E-state index is 15.1. The van der Waals surface area contributed by atoms with Crippen LogP contribution in [0.1, 0.15) is 44.7 Å². The highest BCUT2D eigenvalue weighted by atomic mass is 35.5. The molecule has 1 unspecified atom stereocenters. The average molecular weight is 636 g/mol. The van der Waals surface area contributed by atoms with Gasteiger partial charge in [-0.05, 0) is 85.4 Å². The van der Waals surface area contributed by atoms with Crippen LogP contribution in [0.25, 0.3) is 28.0 Å². The lowest BCUT2D eigenvalue weighted by Gasteiger charge is -2.44. The van der Waals surface area contributed by atoms with Gasteiger partial charge in [0.1, 0.15) is 17.9 Å². The summed E-state index contributed by atoms with van der Waals surface area (Å²) in [6.07, 6.45) is 2.92. The molecule has 230 valence electrons. The van der Waals surface area contributed by atoms with Crippen LogP contribution in [-0.2, 0) is 16.0 Å². The summed E-state index contributed by atoms with van der Waals surface area (Å²) in [5, 5.41) is 0.712. The molecule has 3 atom stereocenters. The van der Waals surface area contributed by atoms with Crippen molar-refractivity contribution in [3.8, 4) is 16.9 Å². The molecule has 0 N–H and O–H groups in total. The van der Waals surface area contributed by atoms with Crippen LogP contribution in [0, 0.1) is 12.7 Å². The third-order valence-electron chi connectivity index (χ3n) is 8.13. The van der Waals surface area contributed by atoms with Gasteiger partial charge in [0.2, 0.25) is 5.91 Å². The Kier molecular flexibility index (Phi) is 8.89. The van der Waals surface area contributed by atoms with Gasteiger partial charge in [0.15, 0.2) is 10.5 Å². The molecule has 8 nitrogen and oxygen atoms in total. The number of carbonyl (C=O) groups excluding carboxylic acids is 1. The summed E-state index contributed by atoms with van der Waals surface area (Å²) >= 11 is 5.58. The predicted octanol–water partition coefficient (Wildman–Crippen LogP) is 6.02. The van der Waals surface area contributed by atoms with E-state index >= 15 is 4.39 Å². The number of nitrogens with zero attached hydrogens (tertiary/aromatic N) is 5. The minimum absolute atomic E-state index is 0.0384. The maximum atomic E-state index is 15.1. The minimum Gasteiger partial charge on any atom is -0.612 e. The summed E-state index contributed by atoms with van der Waals surface area (Å²) in [5.41, 5.74) is 2.20. The Morgan fingerprint density at radius 3 is 2.50 bits per heavy atom. The van der Waals surface area contributed by atoms with E-state index in [1.807, 2.05) is 45.6 Å². The smallest absolute Gasteiger partial charge is 0.355 e. The first kappa shape index (κ1) is 31.7. The third-order valence-corrected chi connectivity index (χ3v) is 9.31. The maximum Gasteiger partial charge on any atom is 0.355 e. The number of anilines is 1. The highest BCUT2D eigenvalue weighted by Gasteiger charge is 2.34. The van der Waals surface area contributed by atoms with Crippen LogP contribution in [0.2, 0.25) is 5.02 Å². The number of amides is 1. The molecule has 0 saturated carbocycles. The second kappa shape index (κ2) is 12.3.